The molecule has 0 fully saturated rings. The van der Waals surface area contributed by atoms with Crippen molar-refractivity contribution in [2.24, 2.45) is 0 Å². The molecule has 0 heterocycles. The lowest BCUT2D eigenvalue weighted by Crippen LogP contribution is -2.02. The Labute approximate surface area is 181 Å². The van der Waals surface area contributed by atoms with Crippen LogP contribution in [-0.4, -0.2) is 6.61 Å². The SMILES string of the molecule is CCOc1ccc(NCc2cc(Br)c(OCc3cccc(F)c3)c(Br)c2)cc1. The molecule has 146 valence electrons. The maximum Gasteiger partial charge on any atom is 0.148 e. The van der Waals surface area contributed by atoms with Gasteiger partial charge in [0, 0.05) is 12.2 Å². The predicted molar refractivity (Wildman–Crippen MR) is 118 cm³/mol. The van der Waals surface area contributed by atoms with Gasteiger partial charge in [-0.3, -0.25) is 0 Å². The van der Waals surface area contributed by atoms with Gasteiger partial charge in [-0.1, -0.05) is 12.1 Å². The lowest BCUT2D eigenvalue weighted by molar-refractivity contribution is 0.301. The third-order valence-electron chi connectivity index (χ3n) is 3.99. The second-order valence-corrected chi connectivity index (χ2v) is 7.83. The van der Waals surface area contributed by atoms with Crippen LogP contribution in [0.1, 0.15) is 18.1 Å². The van der Waals surface area contributed by atoms with Crippen molar-refractivity contribution >= 4 is 37.5 Å². The number of hydrogen-bond acceptors (Lipinski definition) is 3. The second kappa shape index (κ2) is 9.94. The highest BCUT2D eigenvalue weighted by Gasteiger charge is 2.10. The van der Waals surface area contributed by atoms with Crippen LogP contribution >= 0.6 is 31.9 Å². The van der Waals surface area contributed by atoms with Crippen molar-refractivity contribution < 1.29 is 13.9 Å². The van der Waals surface area contributed by atoms with Crippen LogP contribution in [0, 0.1) is 5.82 Å². The highest BCUT2D eigenvalue weighted by Crippen LogP contribution is 2.35. The van der Waals surface area contributed by atoms with Gasteiger partial charge in [-0.25, -0.2) is 4.39 Å². The first-order chi connectivity index (χ1) is 13.5. The van der Waals surface area contributed by atoms with E-state index in [4.69, 9.17) is 9.47 Å². The van der Waals surface area contributed by atoms with Crippen LogP contribution in [0.5, 0.6) is 11.5 Å². The van der Waals surface area contributed by atoms with Crippen molar-refractivity contribution in [1.82, 2.24) is 0 Å². The molecule has 0 atom stereocenters. The normalized spacial score (nSPS) is 10.6. The van der Waals surface area contributed by atoms with E-state index < -0.39 is 0 Å². The number of halogens is 3. The van der Waals surface area contributed by atoms with E-state index in [-0.39, 0.29) is 5.82 Å². The Morgan fingerprint density at radius 2 is 1.61 bits per heavy atom. The van der Waals surface area contributed by atoms with E-state index in [2.05, 4.69) is 37.2 Å². The van der Waals surface area contributed by atoms with Gasteiger partial charge < -0.3 is 14.8 Å². The molecule has 0 spiro atoms. The fourth-order valence-corrected chi connectivity index (χ4v) is 4.18. The summed E-state index contributed by atoms with van der Waals surface area (Å²) in [5.74, 6) is 1.28. The largest absolute Gasteiger partial charge is 0.494 e. The zero-order valence-corrected chi connectivity index (χ0v) is 18.5. The molecule has 3 aromatic carbocycles. The minimum atomic E-state index is -0.269. The van der Waals surface area contributed by atoms with E-state index in [0.717, 1.165) is 31.5 Å². The van der Waals surface area contributed by atoms with Crippen LogP contribution in [0.2, 0.25) is 0 Å². The molecule has 6 heteroatoms. The van der Waals surface area contributed by atoms with E-state index in [1.165, 1.54) is 12.1 Å². The molecule has 28 heavy (non-hydrogen) atoms. The standard InChI is InChI=1S/C22H20Br2FNO2/c1-2-27-19-8-6-18(7-9-19)26-13-16-11-20(23)22(21(24)12-16)28-14-15-4-3-5-17(25)10-15/h3-12,26H,2,13-14H2,1H3. The molecule has 1 N–H and O–H groups in total. The van der Waals surface area contributed by atoms with Crippen molar-refractivity contribution in [3.8, 4) is 11.5 Å². The number of rotatable bonds is 8. The van der Waals surface area contributed by atoms with Gasteiger partial charge in [0.05, 0.1) is 15.6 Å². The molecule has 0 radical (unpaired) electrons. The molecule has 0 unspecified atom stereocenters. The number of hydrogen-bond donors (Lipinski definition) is 1. The van der Waals surface area contributed by atoms with Gasteiger partial charge >= 0.3 is 0 Å². The van der Waals surface area contributed by atoms with Crippen molar-refractivity contribution in [1.29, 1.82) is 0 Å². The zero-order valence-electron chi connectivity index (χ0n) is 15.3. The molecule has 3 rings (SSSR count). The molecule has 0 saturated carbocycles. The summed E-state index contributed by atoms with van der Waals surface area (Å²) in [4.78, 5) is 0. The van der Waals surface area contributed by atoms with Crippen LogP contribution in [0.3, 0.4) is 0 Å². The maximum atomic E-state index is 13.3. The Hall–Kier alpha value is -2.05. The molecule has 0 aromatic heterocycles. The summed E-state index contributed by atoms with van der Waals surface area (Å²) in [6.45, 7) is 3.57. The summed E-state index contributed by atoms with van der Waals surface area (Å²) < 4.78 is 26.3. The van der Waals surface area contributed by atoms with Gasteiger partial charge in [-0.05, 0) is 98.4 Å². The predicted octanol–water partition coefficient (Wildman–Crippen LogP) is 6.94. The average molecular weight is 509 g/mol. The summed E-state index contributed by atoms with van der Waals surface area (Å²) in [5, 5.41) is 3.39. The van der Waals surface area contributed by atoms with Gasteiger partial charge in [-0.15, -0.1) is 0 Å². The lowest BCUT2D eigenvalue weighted by atomic mass is 10.2. The second-order valence-electron chi connectivity index (χ2n) is 6.12. The van der Waals surface area contributed by atoms with E-state index in [1.54, 1.807) is 6.07 Å². The number of ether oxygens (including phenoxy) is 2. The number of nitrogens with one attached hydrogen (secondary N) is 1. The number of anilines is 1. The molecular weight excluding hydrogens is 489 g/mol. The molecule has 0 aliphatic rings. The molecule has 0 saturated heterocycles. The van der Waals surface area contributed by atoms with Crippen LogP contribution in [-0.2, 0) is 13.2 Å². The molecule has 0 amide bonds. The molecular formula is C22H20Br2FNO2. The Kier molecular flexibility index (Phi) is 7.34. The molecule has 3 nitrogen and oxygen atoms in total. The van der Waals surface area contributed by atoms with Crippen LogP contribution in [0.15, 0.2) is 69.6 Å². The minimum Gasteiger partial charge on any atom is -0.494 e. The van der Waals surface area contributed by atoms with E-state index >= 15 is 0 Å². The first-order valence-electron chi connectivity index (χ1n) is 8.87. The summed E-state index contributed by atoms with van der Waals surface area (Å²) in [5.41, 5.74) is 2.88. The Balaban J connectivity index is 1.62. The zero-order chi connectivity index (χ0) is 19.9. The van der Waals surface area contributed by atoms with Crippen LogP contribution < -0.4 is 14.8 Å². The molecule has 0 aliphatic carbocycles. The van der Waals surface area contributed by atoms with E-state index in [0.29, 0.717) is 25.5 Å². The van der Waals surface area contributed by atoms with Crippen LogP contribution in [0.4, 0.5) is 10.1 Å². The number of benzene rings is 3. The monoisotopic (exact) mass is 507 g/mol. The third kappa shape index (κ3) is 5.72. The van der Waals surface area contributed by atoms with Gasteiger partial charge in [0.2, 0.25) is 0 Å². The minimum absolute atomic E-state index is 0.269. The van der Waals surface area contributed by atoms with Gasteiger partial charge in [0.1, 0.15) is 23.9 Å². The lowest BCUT2D eigenvalue weighted by Gasteiger charge is -2.13. The van der Waals surface area contributed by atoms with Crippen molar-refractivity contribution in [2.75, 3.05) is 11.9 Å². The smallest absolute Gasteiger partial charge is 0.148 e. The van der Waals surface area contributed by atoms with Crippen molar-refractivity contribution in [3.63, 3.8) is 0 Å². The maximum absolute atomic E-state index is 13.3. The van der Waals surface area contributed by atoms with Gasteiger partial charge in [0.25, 0.3) is 0 Å². The Morgan fingerprint density at radius 1 is 0.893 bits per heavy atom. The first kappa shape index (κ1) is 20.7. The van der Waals surface area contributed by atoms with E-state index in [9.17, 15) is 4.39 Å². The van der Waals surface area contributed by atoms with Crippen molar-refractivity contribution in [2.45, 2.75) is 20.1 Å². The highest BCUT2D eigenvalue weighted by molar-refractivity contribution is 9.11. The fraction of sp³-hybridized carbons (Fsp3) is 0.182. The fourth-order valence-electron chi connectivity index (χ4n) is 2.67. The van der Waals surface area contributed by atoms with Crippen LogP contribution in [0.25, 0.3) is 0 Å². The Morgan fingerprint density at radius 3 is 2.25 bits per heavy atom. The van der Waals surface area contributed by atoms with Crippen molar-refractivity contribution in [3.05, 3.63) is 86.6 Å². The van der Waals surface area contributed by atoms with Gasteiger partial charge in [0.15, 0.2) is 0 Å². The average Bonchev–Trinajstić information content (AvgIpc) is 2.67. The summed E-state index contributed by atoms with van der Waals surface area (Å²) in [6.07, 6.45) is 0. The first-order valence-corrected chi connectivity index (χ1v) is 10.5. The summed E-state index contributed by atoms with van der Waals surface area (Å²) in [7, 11) is 0. The molecule has 0 bridgehead atoms. The third-order valence-corrected chi connectivity index (χ3v) is 5.17. The summed E-state index contributed by atoms with van der Waals surface area (Å²) >= 11 is 7.13. The molecule has 3 aromatic rings. The van der Waals surface area contributed by atoms with Gasteiger partial charge in [-0.2, -0.15) is 0 Å². The Bertz CT molecular complexity index is 909. The quantitative estimate of drug-likeness (QED) is 0.357. The highest BCUT2D eigenvalue weighted by atomic mass is 79.9. The van der Waals surface area contributed by atoms with E-state index in [1.807, 2.05) is 49.4 Å². The molecule has 0 aliphatic heterocycles. The summed E-state index contributed by atoms with van der Waals surface area (Å²) in [6, 6.07) is 18.3. The topological polar surface area (TPSA) is 30.5 Å².